The lowest BCUT2D eigenvalue weighted by atomic mass is 9.98. The van der Waals surface area contributed by atoms with Crippen LogP contribution in [0.2, 0.25) is 5.02 Å². The third kappa shape index (κ3) is 1.85. The normalized spacial score (nSPS) is 15.9. The van der Waals surface area contributed by atoms with Crippen molar-refractivity contribution in [2.24, 2.45) is 0 Å². The fourth-order valence-electron chi connectivity index (χ4n) is 2.13. The number of H-pyrrole nitrogens is 1. The topological polar surface area (TPSA) is 40.7 Å². The zero-order valence-electron chi connectivity index (χ0n) is 9.63. The predicted octanol–water partition coefficient (Wildman–Crippen LogP) is 2.73. The molecule has 3 rings (SSSR count). The van der Waals surface area contributed by atoms with Crippen LogP contribution in [0, 0.1) is 6.92 Å². The van der Waals surface area contributed by atoms with Crippen LogP contribution in [0.3, 0.4) is 0 Å². The van der Waals surface area contributed by atoms with Gasteiger partial charge in [0.25, 0.3) is 0 Å². The highest BCUT2D eigenvalue weighted by atomic mass is 35.5. The van der Waals surface area contributed by atoms with Crippen molar-refractivity contribution in [1.82, 2.24) is 15.3 Å². The van der Waals surface area contributed by atoms with Gasteiger partial charge in [0.15, 0.2) is 0 Å². The predicted molar refractivity (Wildman–Crippen MR) is 69.4 cm³/mol. The summed E-state index contributed by atoms with van der Waals surface area (Å²) in [4.78, 5) is 8.01. The Morgan fingerprint density at radius 1 is 1.29 bits per heavy atom. The Balaban J connectivity index is 2.01. The van der Waals surface area contributed by atoms with Crippen LogP contribution >= 0.6 is 11.6 Å². The number of aryl methyl sites for hydroxylation is 1. The summed E-state index contributed by atoms with van der Waals surface area (Å²) in [7, 11) is 0. The van der Waals surface area contributed by atoms with Gasteiger partial charge in [-0.15, -0.1) is 0 Å². The van der Waals surface area contributed by atoms with E-state index in [0.29, 0.717) is 5.92 Å². The van der Waals surface area contributed by atoms with E-state index in [4.69, 9.17) is 11.6 Å². The van der Waals surface area contributed by atoms with Crippen molar-refractivity contribution in [2.75, 3.05) is 13.1 Å². The molecule has 17 heavy (non-hydrogen) atoms. The standard InChI is InChI=1S/C13H14ClN3/c1-8-12(9-6-15-7-9)17-13(16-8)10-4-2-3-5-11(10)14/h2-5,9,15H,6-7H2,1H3,(H,16,17). The van der Waals surface area contributed by atoms with E-state index < -0.39 is 0 Å². The first kappa shape index (κ1) is 10.8. The van der Waals surface area contributed by atoms with Crippen molar-refractivity contribution in [3.8, 4) is 11.4 Å². The number of nitrogens with one attached hydrogen (secondary N) is 2. The van der Waals surface area contributed by atoms with Crippen LogP contribution in [-0.4, -0.2) is 23.1 Å². The van der Waals surface area contributed by atoms with E-state index in [1.54, 1.807) is 0 Å². The molecule has 0 amide bonds. The van der Waals surface area contributed by atoms with Crippen molar-refractivity contribution in [3.05, 3.63) is 40.7 Å². The molecule has 1 aliphatic rings. The molecule has 1 aromatic carbocycles. The van der Waals surface area contributed by atoms with Crippen molar-refractivity contribution in [3.63, 3.8) is 0 Å². The molecule has 2 heterocycles. The minimum Gasteiger partial charge on any atom is -0.342 e. The quantitative estimate of drug-likeness (QED) is 0.857. The van der Waals surface area contributed by atoms with E-state index >= 15 is 0 Å². The Labute approximate surface area is 105 Å². The molecule has 1 saturated heterocycles. The van der Waals surface area contributed by atoms with Gasteiger partial charge in [0.05, 0.1) is 10.7 Å². The highest BCUT2D eigenvalue weighted by molar-refractivity contribution is 6.33. The smallest absolute Gasteiger partial charge is 0.139 e. The molecule has 0 unspecified atom stereocenters. The number of aromatic amines is 1. The van der Waals surface area contributed by atoms with Gasteiger partial charge in [-0.1, -0.05) is 23.7 Å². The van der Waals surface area contributed by atoms with Crippen molar-refractivity contribution in [1.29, 1.82) is 0 Å². The number of aromatic nitrogens is 2. The first-order valence-electron chi connectivity index (χ1n) is 5.78. The highest BCUT2D eigenvalue weighted by Crippen LogP contribution is 2.29. The maximum atomic E-state index is 6.18. The van der Waals surface area contributed by atoms with Gasteiger partial charge in [-0.05, 0) is 19.1 Å². The van der Waals surface area contributed by atoms with E-state index in [0.717, 1.165) is 35.2 Å². The molecule has 3 nitrogen and oxygen atoms in total. The van der Waals surface area contributed by atoms with Crippen LogP contribution in [0.15, 0.2) is 24.3 Å². The van der Waals surface area contributed by atoms with Crippen molar-refractivity contribution < 1.29 is 0 Å². The minimum absolute atomic E-state index is 0.544. The molecule has 0 spiro atoms. The Morgan fingerprint density at radius 2 is 2.06 bits per heavy atom. The molecule has 2 aromatic rings. The number of benzene rings is 1. The summed E-state index contributed by atoms with van der Waals surface area (Å²) in [6.45, 7) is 4.11. The van der Waals surface area contributed by atoms with E-state index in [1.807, 2.05) is 24.3 Å². The summed E-state index contributed by atoms with van der Waals surface area (Å²) in [5, 5.41) is 4.00. The largest absolute Gasteiger partial charge is 0.342 e. The van der Waals surface area contributed by atoms with E-state index in [2.05, 4.69) is 22.2 Å². The van der Waals surface area contributed by atoms with E-state index in [-0.39, 0.29) is 0 Å². The zero-order chi connectivity index (χ0) is 11.8. The second-order valence-corrected chi connectivity index (χ2v) is 4.84. The lowest BCUT2D eigenvalue weighted by Gasteiger charge is -2.25. The minimum atomic E-state index is 0.544. The first-order chi connectivity index (χ1) is 8.25. The molecule has 0 bridgehead atoms. The van der Waals surface area contributed by atoms with Crippen LogP contribution in [-0.2, 0) is 0 Å². The van der Waals surface area contributed by atoms with Gasteiger partial charge in [0, 0.05) is 30.3 Å². The molecule has 0 atom stereocenters. The fourth-order valence-corrected chi connectivity index (χ4v) is 2.36. The highest BCUT2D eigenvalue weighted by Gasteiger charge is 2.24. The third-order valence-electron chi connectivity index (χ3n) is 3.22. The van der Waals surface area contributed by atoms with Gasteiger partial charge >= 0.3 is 0 Å². The van der Waals surface area contributed by atoms with Gasteiger partial charge < -0.3 is 10.3 Å². The van der Waals surface area contributed by atoms with Crippen LogP contribution in [0.25, 0.3) is 11.4 Å². The maximum absolute atomic E-state index is 6.18. The Morgan fingerprint density at radius 3 is 2.71 bits per heavy atom. The molecule has 88 valence electrons. The van der Waals surface area contributed by atoms with Gasteiger partial charge in [-0.3, -0.25) is 0 Å². The molecule has 0 radical (unpaired) electrons. The molecule has 1 aromatic heterocycles. The molecule has 2 N–H and O–H groups in total. The summed E-state index contributed by atoms with van der Waals surface area (Å²) in [5.74, 6) is 1.41. The summed E-state index contributed by atoms with van der Waals surface area (Å²) < 4.78 is 0. The molecule has 0 aliphatic carbocycles. The monoisotopic (exact) mass is 247 g/mol. The Kier molecular flexibility index (Phi) is 2.65. The van der Waals surface area contributed by atoms with Gasteiger partial charge in [0.2, 0.25) is 0 Å². The second-order valence-electron chi connectivity index (χ2n) is 4.43. The van der Waals surface area contributed by atoms with Gasteiger partial charge in [0.1, 0.15) is 5.82 Å². The number of rotatable bonds is 2. The average Bonchev–Trinajstić information content (AvgIpc) is 2.59. The first-order valence-corrected chi connectivity index (χ1v) is 6.15. The molecule has 4 heteroatoms. The molecule has 1 fully saturated rings. The van der Waals surface area contributed by atoms with Crippen LogP contribution in [0.5, 0.6) is 0 Å². The van der Waals surface area contributed by atoms with E-state index in [9.17, 15) is 0 Å². The van der Waals surface area contributed by atoms with Crippen LogP contribution in [0.1, 0.15) is 17.3 Å². The van der Waals surface area contributed by atoms with Crippen molar-refractivity contribution in [2.45, 2.75) is 12.8 Å². The molecule has 0 saturated carbocycles. The zero-order valence-corrected chi connectivity index (χ0v) is 10.4. The summed E-state index contributed by atoms with van der Waals surface area (Å²) in [6, 6.07) is 7.78. The summed E-state index contributed by atoms with van der Waals surface area (Å²) in [6.07, 6.45) is 0. The van der Waals surface area contributed by atoms with Crippen molar-refractivity contribution >= 4 is 11.6 Å². The van der Waals surface area contributed by atoms with E-state index in [1.165, 1.54) is 5.69 Å². The number of hydrogen-bond acceptors (Lipinski definition) is 2. The lowest BCUT2D eigenvalue weighted by Crippen LogP contribution is -2.40. The second kappa shape index (κ2) is 4.17. The molecular formula is C13H14ClN3. The van der Waals surface area contributed by atoms with Gasteiger partial charge in [-0.25, -0.2) is 4.98 Å². The Hall–Kier alpha value is -1.32. The van der Waals surface area contributed by atoms with Crippen LogP contribution < -0.4 is 5.32 Å². The number of nitrogens with zero attached hydrogens (tertiary/aromatic N) is 1. The fraction of sp³-hybridized carbons (Fsp3) is 0.308. The number of hydrogen-bond donors (Lipinski definition) is 2. The summed E-state index contributed by atoms with van der Waals surface area (Å²) in [5.41, 5.74) is 3.28. The SMILES string of the molecule is Cc1[nH]c(-c2ccccc2Cl)nc1C1CNC1. The molecule has 1 aliphatic heterocycles. The summed E-state index contributed by atoms with van der Waals surface area (Å²) >= 11 is 6.18. The maximum Gasteiger partial charge on any atom is 0.139 e. The van der Waals surface area contributed by atoms with Gasteiger partial charge in [-0.2, -0.15) is 0 Å². The molecular weight excluding hydrogens is 234 g/mol. The number of halogens is 1. The third-order valence-corrected chi connectivity index (χ3v) is 3.55. The Bertz CT molecular complexity index is 543. The average molecular weight is 248 g/mol. The number of imidazole rings is 1. The lowest BCUT2D eigenvalue weighted by molar-refractivity contribution is 0.439. The van der Waals surface area contributed by atoms with Crippen LogP contribution in [0.4, 0.5) is 0 Å².